The number of hydrogen-bond acceptors (Lipinski definition) is 22. The van der Waals surface area contributed by atoms with E-state index in [-0.39, 0.29) is 108 Å². The zero-order valence-electron chi connectivity index (χ0n) is 56.0. The topological polar surface area (TPSA) is 370 Å². The van der Waals surface area contributed by atoms with Gasteiger partial charge in [0, 0.05) is 76.4 Å². The Morgan fingerprint density at radius 2 is 1.21 bits per heavy atom. The molecule has 520 valence electrons. The molecule has 1 saturated heterocycles. The molecule has 4 aromatic rings. The van der Waals surface area contributed by atoms with Crippen molar-refractivity contribution >= 4 is 74.2 Å². The van der Waals surface area contributed by atoms with Gasteiger partial charge in [0.15, 0.2) is 46.1 Å². The molecule has 6 saturated carbocycles. The van der Waals surface area contributed by atoms with Crippen molar-refractivity contribution in [3.8, 4) is 0 Å². The Balaban J connectivity index is 0.000000166. The second-order valence-electron chi connectivity index (χ2n) is 29.3. The van der Waals surface area contributed by atoms with Gasteiger partial charge < -0.3 is 65.3 Å². The molecule has 13 rings (SSSR count). The summed E-state index contributed by atoms with van der Waals surface area (Å²) in [4.78, 5) is 65.6. The number of fused-ring (bicyclic) bond motifs is 12. The number of carbonyl (C=O) groups is 5. The number of allylic oxidation sites excluding steroid dienone is 8. The van der Waals surface area contributed by atoms with Crippen LogP contribution in [0.15, 0.2) is 164 Å². The van der Waals surface area contributed by atoms with Gasteiger partial charge in [-0.05, 0) is 180 Å². The molecule has 21 nitrogen and oxygen atoms in total. The number of ketones is 4. The average Bonchev–Trinajstić information content (AvgIpc) is 1.50. The van der Waals surface area contributed by atoms with Crippen LogP contribution in [0.4, 0.5) is 16.2 Å². The smallest absolute Gasteiger partial charge is 0.746 e. The molecule has 0 radical (unpaired) electrons. The van der Waals surface area contributed by atoms with Crippen LogP contribution in [0.25, 0.3) is 0 Å². The third kappa shape index (κ3) is 13.4. The van der Waals surface area contributed by atoms with Gasteiger partial charge in [0.05, 0.1) is 18.3 Å². The van der Waals surface area contributed by atoms with Crippen molar-refractivity contribution in [1.82, 2.24) is 0 Å². The van der Waals surface area contributed by atoms with Gasteiger partial charge in [-0.25, -0.2) is 13.2 Å². The first kappa shape index (κ1) is 75.5. The summed E-state index contributed by atoms with van der Waals surface area (Å²) in [7, 11) is -4.81. The first-order valence-corrected chi connectivity index (χ1v) is 35.7. The van der Waals surface area contributed by atoms with E-state index in [0.717, 1.165) is 43.6 Å². The second kappa shape index (κ2) is 27.9. The minimum atomic E-state index is -4.81. The monoisotopic (exact) mass is 1410 g/mol. The summed E-state index contributed by atoms with van der Waals surface area (Å²) in [5, 5.41) is 88.7. The number of Topliss-reactive ketones (excluding diaryl/α,β-unsaturated/α-hetero) is 2. The third-order valence-electron chi connectivity index (χ3n) is 22.5. The Bertz CT molecular complexity index is 4010. The number of hydrogen-bond donors (Lipinski definition) is 10. The first-order chi connectivity index (χ1) is 45.5. The fraction of sp³-hybridized carbons (Fsp3) is 0.493. The summed E-state index contributed by atoms with van der Waals surface area (Å²) in [5.41, 5.74) is 0.323. The number of nitrogen functional groups attached to an aromatic ring is 1. The number of aliphatic hydroxyl groups excluding tert-OH is 6. The maximum atomic E-state index is 13.8. The van der Waals surface area contributed by atoms with Crippen LogP contribution in [0.3, 0.4) is 0 Å². The van der Waals surface area contributed by atoms with E-state index in [4.69, 9.17) is 19.9 Å². The number of rotatable bonds is 12. The minimum absolute atomic E-state index is 0. The fourth-order valence-corrected chi connectivity index (χ4v) is 20.6. The number of amides is 1. The molecule has 7 fully saturated rings. The number of aliphatic hydroxyl groups is 8. The average molecular weight is 1410 g/mol. The minimum Gasteiger partial charge on any atom is -0.746 e. The maximum Gasteiger partial charge on any atom is 1.00 e. The van der Waals surface area contributed by atoms with Gasteiger partial charge in [-0.15, -0.1) is 0 Å². The molecule has 25 heteroatoms. The quantitative estimate of drug-likeness (QED) is 0.0469. The fourth-order valence-electron chi connectivity index (χ4n) is 18.3. The largest absolute Gasteiger partial charge is 1.00 e. The maximum absolute atomic E-state index is 13.8. The molecule has 4 aromatic carbocycles. The summed E-state index contributed by atoms with van der Waals surface area (Å²) in [6.07, 6.45) is 9.47. The van der Waals surface area contributed by atoms with E-state index in [1.165, 1.54) is 23.9 Å². The predicted octanol–water partition coefficient (Wildman–Crippen LogP) is 5.60. The molecule has 1 amide bonds. The van der Waals surface area contributed by atoms with Gasteiger partial charge in [0.1, 0.15) is 28.9 Å². The number of nitrogens with two attached hydrogens (primary N) is 1. The Hall–Kier alpha value is -5.20. The third-order valence-corrected chi connectivity index (χ3v) is 25.4. The van der Waals surface area contributed by atoms with Crippen molar-refractivity contribution in [3.05, 3.63) is 156 Å². The molecule has 98 heavy (non-hydrogen) atoms. The molecule has 11 N–H and O–H groups in total. The summed E-state index contributed by atoms with van der Waals surface area (Å²) in [6.45, 7) is 11.4. The van der Waals surface area contributed by atoms with Gasteiger partial charge in [0.25, 0.3) is 0 Å². The summed E-state index contributed by atoms with van der Waals surface area (Å²) < 4.78 is 50.7. The standard InChI is InChI=1S/C34H37NO7S.C21H28O6.C18H21NO6S2.Na/c1-31-13-12-22(37)14-20(31)8-11-25-26-16-33(40)34(28(39)18-36,32(26,2)17-27(38)29(25)31)42-30(41-33)19-6-9-23(10-7-19)43-24-5-3-4-21(35)15-24;1-19-6-5-12(23)7-11(19)3-4-13-14-8-16(25)21(27,17(26)10-22)20(14,2)9-15(24)18(13)19;1-18(2,3)25-17(21)19-13-5-4-6-15(11-13)26-14-9-7-12(8-10-14)16(20)27(22,23)24;/h3-7,9-10,12-15,25-27,29-30,36,38,40H,8,11,16-18,35H2,1-2H3;5-7,13-16,18,22,24-25,27H,3-4,8-10H2,1-2H3;4-11,16,20H,1-3H3,(H,19,21)(H,22,23,24);/q;;;+1/p-1/t25-,26-,27-,29+,30+,31-,32-,33+,34-;13-,14-,15-,16+,18+,19-,20-,21-;;/m00../s1. The van der Waals surface area contributed by atoms with Gasteiger partial charge in [-0.2, -0.15) is 0 Å². The zero-order valence-corrected chi connectivity index (χ0v) is 60.4. The number of carbonyl (C=O) groups excluding carboxylic acids is 5. The van der Waals surface area contributed by atoms with Gasteiger partial charge in [0.2, 0.25) is 5.79 Å². The van der Waals surface area contributed by atoms with Crippen LogP contribution in [-0.4, -0.2) is 137 Å². The molecule has 0 bridgehead atoms. The van der Waals surface area contributed by atoms with E-state index >= 15 is 0 Å². The molecule has 1 heterocycles. The van der Waals surface area contributed by atoms with Crippen molar-refractivity contribution in [1.29, 1.82) is 0 Å². The van der Waals surface area contributed by atoms with Crippen LogP contribution in [0.5, 0.6) is 0 Å². The number of benzene rings is 4. The van der Waals surface area contributed by atoms with Crippen molar-refractivity contribution in [3.63, 3.8) is 0 Å². The number of anilines is 2. The molecule has 9 aliphatic rings. The normalized spacial score (nSPS) is 35.8. The molecule has 8 aliphatic carbocycles. The van der Waals surface area contributed by atoms with E-state index in [1.54, 1.807) is 94.1 Å². The zero-order chi connectivity index (χ0) is 70.4. The van der Waals surface area contributed by atoms with Crippen molar-refractivity contribution in [2.45, 2.75) is 172 Å². The Morgan fingerprint density at radius 3 is 1.73 bits per heavy atom. The van der Waals surface area contributed by atoms with Crippen LogP contribution in [-0.2, 0) is 43.5 Å². The molecule has 1 unspecified atom stereocenters. The Morgan fingerprint density at radius 1 is 0.704 bits per heavy atom. The van der Waals surface area contributed by atoms with Crippen molar-refractivity contribution in [2.24, 2.45) is 57.2 Å². The molecule has 18 atom stereocenters. The van der Waals surface area contributed by atoms with Crippen LogP contribution < -0.4 is 40.6 Å². The summed E-state index contributed by atoms with van der Waals surface area (Å²) >= 11 is 2.92. The summed E-state index contributed by atoms with van der Waals surface area (Å²) in [6, 6.07) is 28.2. The predicted molar refractivity (Wildman–Crippen MR) is 357 cm³/mol. The Kier molecular flexibility index (Phi) is 21.5. The molecular weight excluding hydrogens is 1330 g/mol. The molecule has 0 aromatic heterocycles. The van der Waals surface area contributed by atoms with Crippen LogP contribution >= 0.6 is 23.5 Å². The van der Waals surface area contributed by atoms with Crippen LogP contribution in [0, 0.1) is 57.2 Å². The molecule has 0 spiro atoms. The van der Waals surface area contributed by atoms with E-state index in [0.29, 0.717) is 29.8 Å². The Labute approximate surface area is 600 Å². The summed E-state index contributed by atoms with van der Waals surface area (Å²) in [5.74, 6) is -4.24. The van der Waals surface area contributed by atoms with Gasteiger partial charge >= 0.3 is 35.7 Å². The first-order valence-electron chi connectivity index (χ1n) is 32.6. The number of ether oxygens (including phenoxy) is 3. The van der Waals surface area contributed by atoms with Crippen LogP contribution in [0.1, 0.15) is 123 Å². The van der Waals surface area contributed by atoms with E-state index in [2.05, 4.69) is 12.2 Å². The van der Waals surface area contributed by atoms with E-state index in [1.807, 2.05) is 80.6 Å². The van der Waals surface area contributed by atoms with Crippen molar-refractivity contribution in [2.75, 3.05) is 24.3 Å². The van der Waals surface area contributed by atoms with Gasteiger partial charge in [-0.1, -0.05) is 111 Å². The molecular formula is C73H85N2NaO19S3. The second-order valence-corrected chi connectivity index (χ2v) is 33.0. The van der Waals surface area contributed by atoms with Gasteiger partial charge in [-0.3, -0.25) is 24.5 Å². The van der Waals surface area contributed by atoms with Crippen molar-refractivity contribution < 1.29 is 122 Å². The van der Waals surface area contributed by atoms with E-state index in [9.17, 15) is 77.8 Å². The molecule has 1 aliphatic heterocycles. The van der Waals surface area contributed by atoms with E-state index < -0.39 is 115 Å². The SMILES string of the molecule is CC(C)(C)OC(=O)Nc1cccc(Sc2ccc(C(O)S(=O)(=O)[O-])cc2)c1.C[C@]12C=CC(=O)C=C1CC[C@@H]1[C@@H]2[C@@H](O)C[C@@]2(C)[C@H]1C[C@@H](O)[C@]2(O)C(=O)CO.C[C@]12C=CC(=O)C=C1CC[C@@H]1[C@@H]2[C@@H](O)C[C@@]2(C)[C@H]1C[C@@]1(O)O[C@@H](c3ccc(Sc4cccc(N)c4)cc3)O[C@]12C(=O)CO.[Na+]. The number of nitrogens with one attached hydrogen (secondary N) is 1. The van der Waals surface area contributed by atoms with Crippen LogP contribution in [0.2, 0.25) is 0 Å².